The molecule has 0 spiro atoms. The molecule has 0 aliphatic heterocycles. The van der Waals surface area contributed by atoms with E-state index in [1.165, 1.54) is 18.2 Å². The van der Waals surface area contributed by atoms with Gasteiger partial charge < -0.3 is 16.0 Å². The lowest BCUT2D eigenvalue weighted by Crippen LogP contribution is -2.29. The van der Waals surface area contributed by atoms with Crippen LogP contribution in [0.4, 0.5) is 20.6 Å². The summed E-state index contributed by atoms with van der Waals surface area (Å²) in [5.74, 6) is -0.779. The number of nitrogens with zero attached hydrogens (tertiary/aromatic N) is 1. The number of anilines is 2. The zero-order valence-corrected chi connectivity index (χ0v) is 13.8. The molecule has 1 aromatic carbocycles. The molecule has 24 heavy (non-hydrogen) atoms. The number of carbonyl (C=O) groups excluding carboxylic acids is 2. The Morgan fingerprint density at radius 1 is 1.25 bits per heavy atom. The number of H-pyrrole nitrogens is 1. The first-order valence-electron chi connectivity index (χ1n) is 7.55. The normalized spacial score (nSPS) is 10.3. The maximum Gasteiger partial charge on any atom is 0.319 e. The van der Waals surface area contributed by atoms with Gasteiger partial charge in [-0.15, -0.1) is 0 Å². The van der Waals surface area contributed by atoms with E-state index in [1.54, 1.807) is 6.92 Å². The molecule has 0 atom stereocenters. The first kappa shape index (κ1) is 17.5. The van der Waals surface area contributed by atoms with E-state index in [2.05, 4.69) is 26.1 Å². The molecule has 3 amide bonds. The summed E-state index contributed by atoms with van der Waals surface area (Å²) in [6.45, 7) is 5.67. The van der Waals surface area contributed by atoms with E-state index in [-0.39, 0.29) is 18.1 Å². The van der Waals surface area contributed by atoms with Crippen LogP contribution in [-0.4, -0.2) is 22.1 Å². The third kappa shape index (κ3) is 4.31. The molecular formula is C16H20FN5O2. The predicted molar refractivity (Wildman–Crippen MR) is 89.2 cm³/mol. The lowest BCUT2D eigenvalue weighted by atomic mass is 10.2. The van der Waals surface area contributed by atoms with Crippen molar-refractivity contribution >= 4 is 23.3 Å². The van der Waals surface area contributed by atoms with Gasteiger partial charge in [-0.25, -0.2) is 9.18 Å². The highest BCUT2D eigenvalue weighted by Gasteiger charge is 2.11. The average Bonchev–Trinajstić information content (AvgIpc) is 2.87. The number of aryl methyl sites for hydroxylation is 2. The molecule has 2 aromatic rings. The molecule has 128 valence electrons. The van der Waals surface area contributed by atoms with Gasteiger partial charge in [0.25, 0.3) is 0 Å². The Hall–Kier alpha value is -2.90. The molecule has 0 bridgehead atoms. The number of carbonyl (C=O) groups is 2. The molecule has 0 saturated carbocycles. The molecule has 0 aliphatic carbocycles. The highest BCUT2D eigenvalue weighted by Crippen LogP contribution is 2.20. The van der Waals surface area contributed by atoms with Crippen LogP contribution in [-0.2, 0) is 11.3 Å². The summed E-state index contributed by atoms with van der Waals surface area (Å²) in [6, 6.07) is 3.44. The average molecular weight is 333 g/mol. The number of aromatic nitrogens is 2. The molecular weight excluding hydrogens is 313 g/mol. The monoisotopic (exact) mass is 333 g/mol. The van der Waals surface area contributed by atoms with E-state index in [4.69, 9.17) is 0 Å². The summed E-state index contributed by atoms with van der Waals surface area (Å²) in [5.41, 5.74) is 2.95. The lowest BCUT2D eigenvalue weighted by Gasteiger charge is -2.11. The number of benzene rings is 1. The second-order valence-electron chi connectivity index (χ2n) is 5.32. The smallest absolute Gasteiger partial charge is 0.319 e. The molecule has 4 N–H and O–H groups in total. The summed E-state index contributed by atoms with van der Waals surface area (Å²) >= 11 is 0. The highest BCUT2D eigenvalue weighted by atomic mass is 19.1. The van der Waals surface area contributed by atoms with E-state index >= 15 is 0 Å². The van der Waals surface area contributed by atoms with Crippen LogP contribution in [0.15, 0.2) is 18.2 Å². The molecule has 0 radical (unpaired) electrons. The third-order valence-electron chi connectivity index (χ3n) is 3.53. The van der Waals surface area contributed by atoms with Crippen molar-refractivity contribution in [2.75, 3.05) is 10.6 Å². The van der Waals surface area contributed by atoms with Crippen molar-refractivity contribution in [2.45, 2.75) is 33.7 Å². The number of hydrogen-bond donors (Lipinski definition) is 4. The van der Waals surface area contributed by atoms with Crippen molar-refractivity contribution in [1.29, 1.82) is 0 Å². The minimum atomic E-state index is -0.588. The van der Waals surface area contributed by atoms with Crippen molar-refractivity contribution in [3.05, 3.63) is 41.0 Å². The number of aromatic amines is 1. The minimum absolute atomic E-state index is 0.0120. The predicted octanol–water partition coefficient (Wildman–Crippen LogP) is 2.84. The molecule has 1 aromatic heterocycles. The Morgan fingerprint density at radius 2 is 2.00 bits per heavy atom. The lowest BCUT2D eigenvalue weighted by molar-refractivity contribution is -0.115. The fourth-order valence-corrected chi connectivity index (χ4v) is 2.12. The topological polar surface area (TPSA) is 98.9 Å². The first-order chi connectivity index (χ1) is 11.4. The minimum Gasteiger partial charge on any atom is -0.334 e. The fraction of sp³-hybridized carbons (Fsp3) is 0.312. The molecule has 7 nitrogen and oxygen atoms in total. The van der Waals surface area contributed by atoms with Gasteiger partial charge >= 0.3 is 6.03 Å². The number of amides is 3. The number of urea groups is 1. The quantitative estimate of drug-likeness (QED) is 0.677. The van der Waals surface area contributed by atoms with E-state index in [0.717, 1.165) is 17.0 Å². The maximum absolute atomic E-state index is 13.8. The third-order valence-corrected chi connectivity index (χ3v) is 3.53. The Labute approximate surface area is 139 Å². The van der Waals surface area contributed by atoms with Gasteiger partial charge in [0.1, 0.15) is 5.82 Å². The van der Waals surface area contributed by atoms with Crippen LogP contribution < -0.4 is 16.0 Å². The first-order valence-corrected chi connectivity index (χ1v) is 7.55. The van der Waals surface area contributed by atoms with Gasteiger partial charge in [0, 0.05) is 29.9 Å². The van der Waals surface area contributed by atoms with E-state index in [9.17, 15) is 14.0 Å². The highest BCUT2D eigenvalue weighted by molar-refractivity contribution is 5.93. The van der Waals surface area contributed by atoms with Crippen LogP contribution >= 0.6 is 0 Å². The molecule has 0 fully saturated rings. The van der Waals surface area contributed by atoms with Crippen LogP contribution in [0.2, 0.25) is 0 Å². The standard InChI is InChI=1S/C16H20FN5O2/c1-4-15(23)19-11-5-6-13(17)14(7-11)20-16(24)18-8-12-9(2)21-22-10(12)3/h5-7H,4,8H2,1-3H3,(H,19,23)(H,21,22)(H2,18,20,24). The van der Waals surface area contributed by atoms with Gasteiger partial charge in [-0.3, -0.25) is 9.89 Å². The largest absolute Gasteiger partial charge is 0.334 e. The molecule has 0 aliphatic rings. The second kappa shape index (κ2) is 7.58. The van der Waals surface area contributed by atoms with Gasteiger partial charge in [-0.1, -0.05) is 6.92 Å². The van der Waals surface area contributed by atoms with Crippen molar-refractivity contribution in [1.82, 2.24) is 15.5 Å². The summed E-state index contributed by atoms with van der Waals surface area (Å²) in [4.78, 5) is 23.3. The number of hydrogen-bond acceptors (Lipinski definition) is 3. The molecule has 8 heteroatoms. The van der Waals surface area contributed by atoms with E-state index in [0.29, 0.717) is 12.1 Å². The molecule has 1 heterocycles. The number of nitrogens with one attached hydrogen (secondary N) is 4. The zero-order chi connectivity index (χ0) is 17.7. The molecule has 0 saturated heterocycles. The van der Waals surface area contributed by atoms with E-state index < -0.39 is 11.8 Å². The maximum atomic E-state index is 13.8. The zero-order valence-electron chi connectivity index (χ0n) is 13.8. The van der Waals surface area contributed by atoms with Crippen LogP contribution in [0.25, 0.3) is 0 Å². The van der Waals surface area contributed by atoms with Gasteiger partial charge in [-0.05, 0) is 32.0 Å². The summed E-state index contributed by atoms with van der Waals surface area (Å²) < 4.78 is 13.8. The van der Waals surface area contributed by atoms with Gasteiger partial charge in [0.15, 0.2) is 0 Å². The van der Waals surface area contributed by atoms with Crippen LogP contribution in [0.5, 0.6) is 0 Å². The Balaban J connectivity index is 2.00. The van der Waals surface area contributed by atoms with Crippen LogP contribution in [0, 0.1) is 19.7 Å². The Bertz CT molecular complexity index is 737. The second-order valence-corrected chi connectivity index (χ2v) is 5.32. The summed E-state index contributed by atoms with van der Waals surface area (Å²) in [5, 5.41) is 14.6. The van der Waals surface area contributed by atoms with Crippen LogP contribution in [0.3, 0.4) is 0 Å². The van der Waals surface area contributed by atoms with Crippen molar-refractivity contribution in [3.63, 3.8) is 0 Å². The van der Waals surface area contributed by atoms with Crippen molar-refractivity contribution in [2.24, 2.45) is 0 Å². The number of halogens is 1. The van der Waals surface area contributed by atoms with Crippen molar-refractivity contribution in [3.8, 4) is 0 Å². The van der Waals surface area contributed by atoms with Gasteiger partial charge in [0.05, 0.1) is 11.4 Å². The molecule has 2 rings (SSSR count). The fourth-order valence-electron chi connectivity index (χ4n) is 2.12. The Morgan fingerprint density at radius 3 is 2.62 bits per heavy atom. The van der Waals surface area contributed by atoms with Gasteiger partial charge in [0.2, 0.25) is 5.91 Å². The van der Waals surface area contributed by atoms with E-state index in [1.807, 2.05) is 13.8 Å². The van der Waals surface area contributed by atoms with Crippen LogP contribution in [0.1, 0.15) is 30.3 Å². The Kier molecular flexibility index (Phi) is 5.51. The van der Waals surface area contributed by atoms with Crippen molar-refractivity contribution < 1.29 is 14.0 Å². The summed E-state index contributed by atoms with van der Waals surface area (Å²) in [7, 11) is 0. The SMILES string of the molecule is CCC(=O)Nc1ccc(F)c(NC(=O)NCc2c(C)n[nH]c2C)c1. The summed E-state index contributed by atoms with van der Waals surface area (Å²) in [6.07, 6.45) is 0.310. The van der Waals surface area contributed by atoms with Gasteiger partial charge in [-0.2, -0.15) is 5.10 Å². The number of rotatable bonds is 5. The molecule has 0 unspecified atom stereocenters.